The fraction of sp³-hybridized carbons (Fsp3) is 0.333. The third kappa shape index (κ3) is 4.15. The van der Waals surface area contributed by atoms with Crippen LogP contribution in [0.2, 0.25) is 0 Å². The standard InChI is InChI=1S/C15H19N3OS/c1-18(2)9-4-7-16-14(19)12-5-3-6-13(11-12)15-17-8-10-20-15/h3,5-6,8,10-11H,4,7,9H2,1-2H3,(H,16,19). The zero-order valence-electron chi connectivity index (χ0n) is 11.8. The van der Waals surface area contributed by atoms with Gasteiger partial charge in [0, 0.05) is 29.2 Å². The second-order valence-corrected chi connectivity index (χ2v) is 5.73. The number of carbonyl (C=O) groups is 1. The molecule has 2 aromatic rings. The average molecular weight is 289 g/mol. The summed E-state index contributed by atoms with van der Waals surface area (Å²) in [7, 11) is 4.05. The molecule has 4 nitrogen and oxygen atoms in total. The Kier molecular flexibility index (Phi) is 5.26. The van der Waals surface area contributed by atoms with Gasteiger partial charge in [-0.15, -0.1) is 11.3 Å². The maximum absolute atomic E-state index is 12.1. The van der Waals surface area contributed by atoms with Crippen LogP contribution in [0.25, 0.3) is 10.6 Å². The number of hydrogen-bond donors (Lipinski definition) is 1. The molecule has 2 rings (SSSR count). The van der Waals surface area contributed by atoms with Crippen LogP contribution in [-0.4, -0.2) is 43.0 Å². The Morgan fingerprint density at radius 3 is 2.95 bits per heavy atom. The predicted molar refractivity (Wildman–Crippen MR) is 83.1 cm³/mol. The highest BCUT2D eigenvalue weighted by atomic mass is 32.1. The molecule has 1 N–H and O–H groups in total. The minimum atomic E-state index is -0.0258. The molecule has 0 aliphatic heterocycles. The second-order valence-electron chi connectivity index (χ2n) is 4.83. The zero-order chi connectivity index (χ0) is 14.4. The number of amides is 1. The molecular formula is C15H19N3OS. The Morgan fingerprint density at radius 1 is 1.40 bits per heavy atom. The normalized spacial score (nSPS) is 10.8. The lowest BCUT2D eigenvalue weighted by Gasteiger charge is -2.10. The van der Waals surface area contributed by atoms with E-state index >= 15 is 0 Å². The summed E-state index contributed by atoms with van der Waals surface area (Å²) in [6.45, 7) is 1.66. The van der Waals surface area contributed by atoms with E-state index in [1.165, 1.54) is 0 Å². The molecule has 0 bridgehead atoms. The van der Waals surface area contributed by atoms with Gasteiger partial charge in [0.1, 0.15) is 5.01 Å². The first-order valence-electron chi connectivity index (χ1n) is 6.59. The fourth-order valence-electron chi connectivity index (χ4n) is 1.86. The van der Waals surface area contributed by atoms with Crippen molar-refractivity contribution < 1.29 is 4.79 Å². The number of nitrogens with one attached hydrogen (secondary N) is 1. The van der Waals surface area contributed by atoms with E-state index in [-0.39, 0.29) is 5.91 Å². The minimum Gasteiger partial charge on any atom is -0.352 e. The van der Waals surface area contributed by atoms with Gasteiger partial charge < -0.3 is 10.2 Å². The van der Waals surface area contributed by atoms with Crippen molar-refractivity contribution in [2.75, 3.05) is 27.2 Å². The molecule has 1 aromatic carbocycles. The van der Waals surface area contributed by atoms with E-state index in [4.69, 9.17) is 0 Å². The monoisotopic (exact) mass is 289 g/mol. The third-order valence-corrected chi connectivity index (χ3v) is 3.69. The lowest BCUT2D eigenvalue weighted by Crippen LogP contribution is -2.27. The van der Waals surface area contributed by atoms with Gasteiger partial charge in [0.05, 0.1) is 0 Å². The zero-order valence-corrected chi connectivity index (χ0v) is 12.6. The first-order valence-corrected chi connectivity index (χ1v) is 7.47. The number of nitrogens with zero attached hydrogens (tertiary/aromatic N) is 2. The predicted octanol–water partition coefficient (Wildman–Crippen LogP) is 2.49. The quantitative estimate of drug-likeness (QED) is 0.831. The topological polar surface area (TPSA) is 45.2 Å². The van der Waals surface area contributed by atoms with Crippen molar-refractivity contribution in [3.8, 4) is 10.6 Å². The van der Waals surface area contributed by atoms with Crippen molar-refractivity contribution in [1.82, 2.24) is 15.2 Å². The van der Waals surface area contributed by atoms with Gasteiger partial charge in [-0.2, -0.15) is 0 Å². The molecule has 0 spiro atoms. The Labute approximate surface area is 123 Å². The Hall–Kier alpha value is -1.72. The van der Waals surface area contributed by atoms with Crippen LogP contribution in [0, 0.1) is 0 Å². The van der Waals surface area contributed by atoms with Crippen molar-refractivity contribution in [1.29, 1.82) is 0 Å². The SMILES string of the molecule is CN(C)CCCNC(=O)c1cccc(-c2nccs2)c1. The lowest BCUT2D eigenvalue weighted by atomic mass is 10.1. The minimum absolute atomic E-state index is 0.0258. The highest BCUT2D eigenvalue weighted by molar-refractivity contribution is 7.13. The molecule has 0 aliphatic carbocycles. The molecule has 0 atom stereocenters. The van der Waals surface area contributed by atoms with Gasteiger partial charge in [-0.3, -0.25) is 4.79 Å². The largest absolute Gasteiger partial charge is 0.352 e. The van der Waals surface area contributed by atoms with E-state index in [1.54, 1.807) is 17.5 Å². The van der Waals surface area contributed by atoms with Gasteiger partial charge in [0.2, 0.25) is 0 Å². The molecule has 0 unspecified atom stereocenters. The third-order valence-electron chi connectivity index (χ3n) is 2.87. The van der Waals surface area contributed by atoms with Gasteiger partial charge in [-0.1, -0.05) is 12.1 Å². The maximum Gasteiger partial charge on any atom is 0.251 e. The summed E-state index contributed by atoms with van der Waals surface area (Å²) >= 11 is 1.57. The van der Waals surface area contributed by atoms with Crippen LogP contribution in [0.4, 0.5) is 0 Å². The van der Waals surface area contributed by atoms with E-state index in [0.29, 0.717) is 12.1 Å². The van der Waals surface area contributed by atoms with Gasteiger partial charge in [-0.25, -0.2) is 4.98 Å². The lowest BCUT2D eigenvalue weighted by molar-refractivity contribution is 0.0952. The van der Waals surface area contributed by atoms with E-state index in [0.717, 1.165) is 23.5 Å². The molecule has 1 amide bonds. The van der Waals surface area contributed by atoms with E-state index in [1.807, 2.05) is 43.7 Å². The first kappa shape index (κ1) is 14.7. The number of hydrogen-bond acceptors (Lipinski definition) is 4. The second kappa shape index (κ2) is 7.17. The molecular weight excluding hydrogens is 270 g/mol. The van der Waals surface area contributed by atoms with Gasteiger partial charge in [0.15, 0.2) is 0 Å². The van der Waals surface area contributed by atoms with Crippen LogP contribution in [0.5, 0.6) is 0 Å². The van der Waals surface area contributed by atoms with Crippen LogP contribution in [-0.2, 0) is 0 Å². The number of aromatic nitrogens is 1. The van der Waals surface area contributed by atoms with E-state index < -0.39 is 0 Å². The average Bonchev–Trinajstić information content (AvgIpc) is 2.97. The van der Waals surface area contributed by atoms with Crippen LogP contribution < -0.4 is 5.32 Å². The van der Waals surface area contributed by atoms with E-state index in [2.05, 4.69) is 15.2 Å². The summed E-state index contributed by atoms with van der Waals surface area (Å²) in [6.07, 6.45) is 2.72. The molecule has 1 aromatic heterocycles. The van der Waals surface area contributed by atoms with Crippen LogP contribution in [0.15, 0.2) is 35.8 Å². The summed E-state index contributed by atoms with van der Waals surface area (Å²) in [5.41, 5.74) is 1.67. The molecule has 0 saturated heterocycles. The highest BCUT2D eigenvalue weighted by Gasteiger charge is 2.07. The smallest absolute Gasteiger partial charge is 0.251 e. The van der Waals surface area contributed by atoms with Gasteiger partial charge in [-0.05, 0) is 39.2 Å². The van der Waals surface area contributed by atoms with Crippen molar-refractivity contribution in [2.45, 2.75) is 6.42 Å². The van der Waals surface area contributed by atoms with Crippen molar-refractivity contribution >= 4 is 17.2 Å². The Bertz CT molecular complexity index is 552. The molecule has 106 valence electrons. The van der Waals surface area contributed by atoms with Gasteiger partial charge >= 0.3 is 0 Å². The van der Waals surface area contributed by atoms with Crippen LogP contribution in [0.1, 0.15) is 16.8 Å². The fourth-order valence-corrected chi connectivity index (χ4v) is 2.49. The molecule has 5 heteroatoms. The number of carbonyl (C=O) groups excluding carboxylic acids is 1. The Balaban J connectivity index is 1.95. The molecule has 0 saturated carbocycles. The van der Waals surface area contributed by atoms with E-state index in [9.17, 15) is 4.79 Å². The maximum atomic E-state index is 12.1. The summed E-state index contributed by atoms with van der Waals surface area (Å²) in [5.74, 6) is -0.0258. The summed E-state index contributed by atoms with van der Waals surface area (Å²) < 4.78 is 0. The van der Waals surface area contributed by atoms with Gasteiger partial charge in [0.25, 0.3) is 5.91 Å². The summed E-state index contributed by atoms with van der Waals surface area (Å²) in [4.78, 5) is 18.4. The van der Waals surface area contributed by atoms with Crippen molar-refractivity contribution in [2.24, 2.45) is 0 Å². The van der Waals surface area contributed by atoms with Crippen LogP contribution in [0.3, 0.4) is 0 Å². The van der Waals surface area contributed by atoms with Crippen LogP contribution >= 0.6 is 11.3 Å². The molecule has 20 heavy (non-hydrogen) atoms. The number of rotatable bonds is 6. The number of thiazole rings is 1. The highest BCUT2D eigenvalue weighted by Crippen LogP contribution is 2.22. The number of benzene rings is 1. The summed E-state index contributed by atoms with van der Waals surface area (Å²) in [6, 6.07) is 7.59. The molecule has 1 heterocycles. The molecule has 0 radical (unpaired) electrons. The first-order chi connectivity index (χ1) is 9.66. The Morgan fingerprint density at radius 2 is 2.25 bits per heavy atom. The molecule has 0 aliphatic rings. The summed E-state index contributed by atoms with van der Waals surface area (Å²) in [5, 5.41) is 5.82. The van der Waals surface area contributed by atoms with Crippen molar-refractivity contribution in [3.05, 3.63) is 41.4 Å². The van der Waals surface area contributed by atoms with Crippen molar-refractivity contribution in [3.63, 3.8) is 0 Å². The molecule has 0 fully saturated rings.